The van der Waals surface area contributed by atoms with Gasteiger partial charge in [0.05, 0.1) is 12.2 Å². The summed E-state index contributed by atoms with van der Waals surface area (Å²) in [5.74, 6) is 0.415. The number of rotatable bonds is 3. The minimum absolute atomic E-state index is 0.0832. The number of aromatic nitrogens is 2. The Balaban J connectivity index is 1.64. The van der Waals surface area contributed by atoms with Gasteiger partial charge in [0, 0.05) is 24.8 Å². The molecule has 0 fully saturated rings. The van der Waals surface area contributed by atoms with Gasteiger partial charge in [-0.15, -0.1) is 0 Å². The van der Waals surface area contributed by atoms with E-state index < -0.39 is 0 Å². The first-order valence-electron chi connectivity index (χ1n) is 8.07. The zero-order chi connectivity index (χ0) is 16.6. The van der Waals surface area contributed by atoms with Gasteiger partial charge in [-0.3, -0.25) is 4.68 Å². The molecule has 1 aromatic carbocycles. The van der Waals surface area contributed by atoms with E-state index in [1.807, 2.05) is 18.7 Å². The van der Waals surface area contributed by atoms with Crippen LogP contribution in [0.15, 0.2) is 24.4 Å². The van der Waals surface area contributed by atoms with Gasteiger partial charge in [0.15, 0.2) is 0 Å². The molecular weight excluding hydrogens is 288 g/mol. The van der Waals surface area contributed by atoms with Gasteiger partial charge in [-0.25, -0.2) is 4.79 Å². The molecule has 0 spiro atoms. The van der Waals surface area contributed by atoms with Crippen LogP contribution in [0.4, 0.5) is 4.79 Å². The molecule has 0 saturated carbocycles. The van der Waals surface area contributed by atoms with E-state index in [0.29, 0.717) is 12.5 Å². The number of hydrogen-bond acceptors (Lipinski definition) is 2. The number of nitrogens with zero attached hydrogens (tertiary/aromatic N) is 2. The average Bonchev–Trinajstić information content (AvgIpc) is 2.99. The molecule has 0 aliphatic heterocycles. The quantitative estimate of drug-likeness (QED) is 0.915. The third-order valence-electron chi connectivity index (χ3n) is 4.81. The number of carbonyl (C=O) groups is 1. The van der Waals surface area contributed by atoms with Crippen LogP contribution in [0, 0.1) is 19.8 Å². The van der Waals surface area contributed by atoms with Crippen LogP contribution in [-0.4, -0.2) is 15.8 Å². The van der Waals surface area contributed by atoms with E-state index >= 15 is 0 Å². The van der Waals surface area contributed by atoms with Gasteiger partial charge in [0.2, 0.25) is 0 Å². The summed E-state index contributed by atoms with van der Waals surface area (Å²) in [7, 11) is 1.90. The Morgan fingerprint density at radius 3 is 2.87 bits per heavy atom. The largest absolute Gasteiger partial charge is 0.334 e. The van der Waals surface area contributed by atoms with Crippen LogP contribution < -0.4 is 10.6 Å². The molecular formula is C18H24N4O. The van der Waals surface area contributed by atoms with Crippen LogP contribution in [0.5, 0.6) is 0 Å². The van der Waals surface area contributed by atoms with Crippen molar-refractivity contribution in [3.05, 3.63) is 52.3 Å². The number of hydrogen-bond donors (Lipinski definition) is 2. The fraction of sp³-hybridized carbons (Fsp3) is 0.444. The van der Waals surface area contributed by atoms with Crippen LogP contribution >= 0.6 is 0 Å². The molecule has 5 heteroatoms. The van der Waals surface area contributed by atoms with E-state index in [0.717, 1.165) is 17.7 Å². The Morgan fingerprint density at radius 1 is 1.39 bits per heavy atom. The first-order chi connectivity index (χ1) is 11.0. The summed E-state index contributed by atoms with van der Waals surface area (Å²) >= 11 is 0. The van der Waals surface area contributed by atoms with E-state index in [4.69, 9.17) is 0 Å². The molecule has 2 aromatic rings. The lowest BCUT2D eigenvalue weighted by Gasteiger charge is -2.19. The maximum absolute atomic E-state index is 12.3. The van der Waals surface area contributed by atoms with Gasteiger partial charge in [0.25, 0.3) is 0 Å². The average molecular weight is 312 g/mol. The molecule has 3 rings (SSSR count). The monoisotopic (exact) mass is 312 g/mol. The van der Waals surface area contributed by atoms with Crippen LogP contribution in [0.3, 0.4) is 0 Å². The summed E-state index contributed by atoms with van der Waals surface area (Å²) in [6, 6.07) is 6.47. The summed E-state index contributed by atoms with van der Waals surface area (Å²) in [6.07, 6.45) is 2.81. The standard InChI is InChI=1S/C18H24N4O/c1-11-5-6-14-8-12(2)17(16(14)7-11)21-18(23)19-9-15-10-20-22(4)13(15)3/h5-7,10,12,17H,8-9H2,1-4H3,(H2,19,21,23)/t12-,17-/m1/s1. The molecule has 1 heterocycles. The van der Waals surface area contributed by atoms with Crippen molar-refractivity contribution in [3.63, 3.8) is 0 Å². The highest BCUT2D eigenvalue weighted by Gasteiger charge is 2.30. The molecule has 2 N–H and O–H groups in total. The molecule has 1 aromatic heterocycles. The van der Waals surface area contributed by atoms with E-state index in [1.165, 1.54) is 16.7 Å². The molecule has 122 valence electrons. The van der Waals surface area contributed by atoms with Crippen molar-refractivity contribution < 1.29 is 4.79 Å². The van der Waals surface area contributed by atoms with E-state index in [9.17, 15) is 4.79 Å². The Bertz CT molecular complexity index is 735. The Kier molecular flexibility index (Phi) is 4.11. The third kappa shape index (κ3) is 3.09. The van der Waals surface area contributed by atoms with Gasteiger partial charge in [0.1, 0.15) is 0 Å². The third-order valence-corrected chi connectivity index (χ3v) is 4.81. The smallest absolute Gasteiger partial charge is 0.315 e. The first kappa shape index (κ1) is 15.6. The van der Waals surface area contributed by atoms with E-state index in [-0.39, 0.29) is 12.1 Å². The number of aryl methyl sites for hydroxylation is 2. The lowest BCUT2D eigenvalue weighted by Crippen LogP contribution is -2.38. The highest BCUT2D eigenvalue weighted by Crippen LogP contribution is 2.36. The summed E-state index contributed by atoms with van der Waals surface area (Å²) < 4.78 is 1.81. The van der Waals surface area contributed by atoms with Crippen molar-refractivity contribution in [1.29, 1.82) is 0 Å². The minimum Gasteiger partial charge on any atom is -0.334 e. The first-order valence-corrected chi connectivity index (χ1v) is 8.07. The van der Waals surface area contributed by atoms with Gasteiger partial charge < -0.3 is 10.6 Å². The van der Waals surface area contributed by atoms with E-state index in [1.54, 1.807) is 6.20 Å². The minimum atomic E-state index is -0.126. The fourth-order valence-electron chi connectivity index (χ4n) is 3.27. The second-order valence-electron chi connectivity index (χ2n) is 6.57. The van der Waals surface area contributed by atoms with Crippen molar-refractivity contribution >= 4 is 6.03 Å². The highest BCUT2D eigenvalue weighted by molar-refractivity contribution is 5.74. The van der Waals surface area contributed by atoms with Crippen molar-refractivity contribution in [2.24, 2.45) is 13.0 Å². The Morgan fingerprint density at radius 2 is 2.17 bits per heavy atom. The molecule has 1 aliphatic carbocycles. The number of amides is 2. The Labute approximate surface area is 137 Å². The van der Waals surface area contributed by atoms with Crippen molar-refractivity contribution in [2.75, 3.05) is 0 Å². The van der Waals surface area contributed by atoms with Gasteiger partial charge in [-0.2, -0.15) is 5.10 Å². The fourth-order valence-corrected chi connectivity index (χ4v) is 3.27. The van der Waals surface area contributed by atoms with Crippen LogP contribution in [0.2, 0.25) is 0 Å². The second-order valence-corrected chi connectivity index (χ2v) is 6.57. The molecule has 5 nitrogen and oxygen atoms in total. The number of benzene rings is 1. The number of urea groups is 1. The predicted molar refractivity (Wildman–Crippen MR) is 90.1 cm³/mol. The van der Waals surface area contributed by atoms with Crippen molar-refractivity contribution in [3.8, 4) is 0 Å². The summed E-state index contributed by atoms with van der Waals surface area (Å²) in [5, 5.41) is 10.3. The molecule has 0 radical (unpaired) electrons. The number of fused-ring (bicyclic) bond motifs is 1. The molecule has 23 heavy (non-hydrogen) atoms. The van der Waals surface area contributed by atoms with E-state index in [2.05, 4.69) is 47.8 Å². The van der Waals surface area contributed by atoms with Gasteiger partial charge in [-0.1, -0.05) is 30.7 Å². The molecule has 2 amide bonds. The SMILES string of the molecule is Cc1ccc2c(c1)[C@H](NC(=O)NCc1cnn(C)c1C)[C@H](C)C2. The maximum atomic E-state index is 12.3. The van der Waals surface area contributed by atoms with Gasteiger partial charge >= 0.3 is 6.03 Å². The van der Waals surface area contributed by atoms with Crippen LogP contribution in [0.1, 0.15) is 40.9 Å². The van der Waals surface area contributed by atoms with Crippen LogP contribution in [-0.2, 0) is 20.0 Å². The number of carbonyl (C=O) groups excluding carboxylic acids is 1. The highest BCUT2D eigenvalue weighted by atomic mass is 16.2. The zero-order valence-corrected chi connectivity index (χ0v) is 14.2. The number of nitrogens with one attached hydrogen (secondary N) is 2. The van der Waals surface area contributed by atoms with Crippen LogP contribution in [0.25, 0.3) is 0 Å². The van der Waals surface area contributed by atoms with Gasteiger partial charge in [-0.05, 0) is 37.3 Å². The maximum Gasteiger partial charge on any atom is 0.315 e. The zero-order valence-electron chi connectivity index (χ0n) is 14.2. The van der Waals surface area contributed by atoms with Crippen molar-refractivity contribution in [1.82, 2.24) is 20.4 Å². The summed E-state index contributed by atoms with van der Waals surface area (Å²) in [6.45, 7) is 6.77. The molecule has 2 atom stereocenters. The van der Waals surface area contributed by atoms with Crippen molar-refractivity contribution in [2.45, 2.75) is 39.8 Å². The molecule has 0 saturated heterocycles. The normalized spacial score (nSPS) is 19.5. The summed E-state index contributed by atoms with van der Waals surface area (Å²) in [5.41, 5.74) is 5.94. The second kappa shape index (κ2) is 6.07. The molecule has 0 unspecified atom stereocenters. The predicted octanol–water partition coefficient (Wildman–Crippen LogP) is 2.77. The summed E-state index contributed by atoms with van der Waals surface area (Å²) in [4.78, 5) is 12.3. The topological polar surface area (TPSA) is 59.0 Å². The Hall–Kier alpha value is -2.30. The lowest BCUT2D eigenvalue weighted by atomic mass is 10.0. The molecule has 1 aliphatic rings. The lowest BCUT2D eigenvalue weighted by molar-refractivity contribution is 0.233. The molecule has 0 bridgehead atoms.